The predicted molar refractivity (Wildman–Crippen MR) is 63.8 cm³/mol. The van der Waals surface area contributed by atoms with Crippen LogP contribution >= 0.6 is 0 Å². The third-order valence-electron chi connectivity index (χ3n) is 2.88. The molecule has 0 radical (unpaired) electrons. The molecule has 0 fully saturated rings. The normalized spacial score (nSPS) is 19.3. The number of rotatable bonds is 3. The van der Waals surface area contributed by atoms with E-state index in [2.05, 4.69) is 18.2 Å². The minimum atomic E-state index is -0.0651. The molecule has 2 rings (SSSR count). The Hall–Kier alpha value is -1.57. The Morgan fingerprint density at radius 2 is 2.12 bits per heavy atom. The first-order valence-electron chi connectivity index (χ1n) is 5.72. The van der Waals surface area contributed by atoms with Gasteiger partial charge < -0.3 is 4.74 Å². The fourth-order valence-electron chi connectivity index (χ4n) is 2.04. The van der Waals surface area contributed by atoms with Crippen LogP contribution in [0.3, 0.4) is 0 Å². The van der Waals surface area contributed by atoms with Crippen LogP contribution in [0.15, 0.2) is 36.4 Å². The molecule has 0 amide bonds. The Morgan fingerprint density at radius 1 is 1.38 bits per heavy atom. The molecule has 1 aliphatic rings. The first-order valence-corrected chi connectivity index (χ1v) is 5.72. The molecule has 0 bridgehead atoms. The lowest BCUT2D eigenvalue weighted by atomic mass is 10.0. The summed E-state index contributed by atoms with van der Waals surface area (Å²) in [7, 11) is 0. The molecule has 0 aliphatic heterocycles. The van der Waals surface area contributed by atoms with Crippen molar-refractivity contribution in [2.45, 2.75) is 19.8 Å². The molecule has 84 valence electrons. The molecule has 2 heteroatoms. The van der Waals surface area contributed by atoms with Crippen LogP contribution in [0.5, 0.6) is 0 Å². The molecule has 0 aromatic heterocycles. The quantitative estimate of drug-likeness (QED) is 0.726. The highest BCUT2D eigenvalue weighted by atomic mass is 16.5. The largest absolute Gasteiger partial charge is 0.466 e. The Bertz CT molecular complexity index is 392. The van der Waals surface area contributed by atoms with Gasteiger partial charge in [0.25, 0.3) is 0 Å². The maximum Gasteiger partial charge on any atom is 0.309 e. The number of allylic oxidation sites excluding steroid dienone is 2. The lowest BCUT2D eigenvalue weighted by Crippen LogP contribution is -2.14. The molecule has 0 heterocycles. The van der Waals surface area contributed by atoms with Gasteiger partial charge in [-0.05, 0) is 30.9 Å². The van der Waals surface area contributed by atoms with Crippen LogP contribution in [0.25, 0.3) is 5.57 Å². The third kappa shape index (κ3) is 2.32. The number of hydrogen-bond acceptors (Lipinski definition) is 2. The molecule has 2 nitrogen and oxygen atoms in total. The fraction of sp³-hybridized carbons (Fsp3) is 0.357. The topological polar surface area (TPSA) is 26.3 Å². The van der Waals surface area contributed by atoms with Crippen molar-refractivity contribution in [2.24, 2.45) is 5.92 Å². The molecule has 0 saturated carbocycles. The third-order valence-corrected chi connectivity index (χ3v) is 2.88. The van der Waals surface area contributed by atoms with E-state index in [0.717, 1.165) is 12.8 Å². The fourth-order valence-corrected chi connectivity index (χ4v) is 2.04. The lowest BCUT2D eigenvalue weighted by molar-refractivity contribution is -0.147. The van der Waals surface area contributed by atoms with E-state index in [-0.39, 0.29) is 11.9 Å². The number of esters is 1. The Morgan fingerprint density at radius 3 is 2.81 bits per heavy atom. The summed E-state index contributed by atoms with van der Waals surface area (Å²) in [6, 6.07) is 10.2. The zero-order chi connectivity index (χ0) is 11.4. The number of carbonyl (C=O) groups excluding carboxylic acids is 1. The summed E-state index contributed by atoms with van der Waals surface area (Å²) in [6.07, 6.45) is 3.77. The van der Waals surface area contributed by atoms with E-state index >= 15 is 0 Å². The first kappa shape index (κ1) is 10.9. The molecule has 1 aliphatic carbocycles. The zero-order valence-corrected chi connectivity index (χ0v) is 9.48. The van der Waals surface area contributed by atoms with Crippen molar-refractivity contribution in [2.75, 3.05) is 6.61 Å². The van der Waals surface area contributed by atoms with E-state index < -0.39 is 0 Å². The van der Waals surface area contributed by atoms with Crippen LogP contribution in [-0.2, 0) is 9.53 Å². The molecule has 0 spiro atoms. The van der Waals surface area contributed by atoms with E-state index in [4.69, 9.17) is 4.74 Å². The number of carbonyl (C=O) groups is 1. The van der Waals surface area contributed by atoms with Crippen molar-refractivity contribution < 1.29 is 9.53 Å². The van der Waals surface area contributed by atoms with E-state index in [0.29, 0.717) is 6.61 Å². The average Bonchev–Trinajstić information content (AvgIpc) is 2.80. The summed E-state index contributed by atoms with van der Waals surface area (Å²) in [5.74, 6) is -0.0418. The van der Waals surface area contributed by atoms with Crippen LogP contribution < -0.4 is 0 Å². The SMILES string of the molecule is CCOC(=O)C1CC=C(c2ccccc2)C1. The molecule has 16 heavy (non-hydrogen) atoms. The molecule has 1 atom stereocenters. The van der Waals surface area contributed by atoms with Crippen LogP contribution in [0.2, 0.25) is 0 Å². The van der Waals surface area contributed by atoms with Gasteiger partial charge in [0.1, 0.15) is 0 Å². The minimum Gasteiger partial charge on any atom is -0.466 e. The van der Waals surface area contributed by atoms with Crippen LogP contribution in [-0.4, -0.2) is 12.6 Å². The molecule has 0 saturated heterocycles. The number of hydrogen-bond donors (Lipinski definition) is 0. The van der Waals surface area contributed by atoms with Gasteiger partial charge in [-0.25, -0.2) is 0 Å². The summed E-state index contributed by atoms with van der Waals surface area (Å²) in [4.78, 5) is 11.6. The molecule has 1 unspecified atom stereocenters. The maximum absolute atomic E-state index is 11.6. The van der Waals surface area contributed by atoms with Gasteiger partial charge in [-0.15, -0.1) is 0 Å². The van der Waals surface area contributed by atoms with E-state index in [1.54, 1.807) is 0 Å². The Balaban J connectivity index is 2.00. The van der Waals surface area contributed by atoms with Crippen molar-refractivity contribution in [3.8, 4) is 0 Å². The second-order valence-corrected chi connectivity index (χ2v) is 3.98. The van der Waals surface area contributed by atoms with Gasteiger partial charge in [-0.1, -0.05) is 36.4 Å². The summed E-state index contributed by atoms with van der Waals surface area (Å²) in [5.41, 5.74) is 2.48. The summed E-state index contributed by atoms with van der Waals surface area (Å²) in [6.45, 7) is 2.31. The van der Waals surface area contributed by atoms with Gasteiger partial charge in [0.15, 0.2) is 0 Å². The highest BCUT2D eigenvalue weighted by Crippen LogP contribution is 2.32. The van der Waals surface area contributed by atoms with Crippen LogP contribution in [0.4, 0.5) is 0 Å². The van der Waals surface area contributed by atoms with E-state index in [9.17, 15) is 4.79 Å². The molecule has 1 aromatic rings. The zero-order valence-electron chi connectivity index (χ0n) is 9.48. The second kappa shape index (κ2) is 4.97. The maximum atomic E-state index is 11.6. The van der Waals surface area contributed by atoms with Crippen molar-refractivity contribution in [1.82, 2.24) is 0 Å². The molecule has 0 N–H and O–H groups in total. The van der Waals surface area contributed by atoms with E-state index in [1.807, 2.05) is 25.1 Å². The molecular weight excluding hydrogens is 200 g/mol. The lowest BCUT2D eigenvalue weighted by Gasteiger charge is -2.09. The van der Waals surface area contributed by atoms with Crippen LogP contribution in [0.1, 0.15) is 25.3 Å². The van der Waals surface area contributed by atoms with Gasteiger partial charge in [0.05, 0.1) is 12.5 Å². The van der Waals surface area contributed by atoms with Gasteiger partial charge in [0, 0.05) is 0 Å². The van der Waals surface area contributed by atoms with E-state index in [1.165, 1.54) is 11.1 Å². The monoisotopic (exact) mass is 216 g/mol. The number of ether oxygens (including phenoxy) is 1. The second-order valence-electron chi connectivity index (χ2n) is 3.98. The van der Waals surface area contributed by atoms with Crippen LogP contribution in [0, 0.1) is 5.92 Å². The highest BCUT2D eigenvalue weighted by Gasteiger charge is 2.25. The molecular formula is C14H16O2. The van der Waals surface area contributed by atoms with Crippen molar-refractivity contribution in [1.29, 1.82) is 0 Å². The standard InChI is InChI=1S/C14H16O2/c1-2-16-14(15)13-9-8-12(10-13)11-6-4-3-5-7-11/h3-8,13H,2,9-10H2,1H3. The first-order chi connectivity index (χ1) is 7.81. The molecule has 1 aromatic carbocycles. The summed E-state index contributed by atoms with van der Waals surface area (Å²) in [5, 5.41) is 0. The van der Waals surface area contributed by atoms with Crippen molar-refractivity contribution in [3.05, 3.63) is 42.0 Å². The van der Waals surface area contributed by atoms with Gasteiger partial charge in [-0.2, -0.15) is 0 Å². The summed E-state index contributed by atoms with van der Waals surface area (Å²) >= 11 is 0. The number of benzene rings is 1. The van der Waals surface area contributed by atoms with Gasteiger partial charge in [0.2, 0.25) is 0 Å². The highest BCUT2D eigenvalue weighted by molar-refractivity contribution is 5.79. The van der Waals surface area contributed by atoms with Crippen molar-refractivity contribution >= 4 is 11.5 Å². The smallest absolute Gasteiger partial charge is 0.309 e. The van der Waals surface area contributed by atoms with Gasteiger partial charge >= 0.3 is 5.97 Å². The average molecular weight is 216 g/mol. The Labute approximate surface area is 95.9 Å². The minimum absolute atomic E-state index is 0.0233. The van der Waals surface area contributed by atoms with Crippen molar-refractivity contribution in [3.63, 3.8) is 0 Å². The Kier molecular flexibility index (Phi) is 3.40. The summed E-state index contributed by atoms with van der Waals surface area (Å²) < 4.78 is 5.04. The predicted octanol–water partition coefficient (Wildman–Crippen LogP) is 3.04. The van der Waals surface area contributed by atoms with Gasteiger partial charge in [-0.3, -0.25) is 4.79 Å².